The lowest BCUT2D eigenvalue weighted by Crippen LogP contribution is -2.31. The number of nitrogens with zero attached hydrogens (tertiary/aromatic N) is 2. The number of anilines is 2. The van der Waals surface area contributed by atoms with Gasteiger partial charge >= 0.3 is 6.18 Å². The molecule has 0 bridgehead atoms. The maximum absolute atomic E-state index is 12.8. The SMILES string of the molecule is CNc1cc(C(F)(F)F)cc(N(C)C(C)C2CC2)n1. The van der Waals surface area contributed by atoms with Crippen LogP contribution in [0.2, 0.25) is 0 Å². The van der Waals surface area contributed by atoms with Gasteiger partial charge in [0.05, 0.1) is 5.56 Å². The van der Waals surface area contributed by atoms with E-state index in [0.29, 0.717) is 11.7 Å². The average molecular weight is 273 g/mol. The van der Waals surface area contributed by atoms with E-state index in [4.69, 9.17) is 0 Å². The van der Waals surface area contributed by atoms with Gasteiger partial charge in [0.25, 0.3) is 0 Å². The third kappa shape index (κ3) is 3.11. The lowest BCUT2D eigenvalue weighted by atomic mass is 10.1. The summed E-state index contributed by atoms with van der Waals surface area (Å²) >= 11 is 0. The van der Waals surface area contributed by atoms with Crippen LogP contribution < -0.4 is 10.2 Å². The maximum Gasteiger partial charge on any atom is 0.416 e. The maximum atomic E-state index is 12.8. The zero-order valence-corrected chi connectivity index (χ0v) is 11.3. The number of hydrogen-bond donors (Lipinski definition) is 1. The Morgan fingerprint density at radius 2 is 2.00 bits per heavy atom. The van der Waals surface area contributed by atoms with Gasteiger partial charge in [0, 0.05) is 20.1 Å². The molecule has 1 unspecified atom stereocenters. The fraction of sp³-hybridized carbons (Fsp3) is 0.615. The van der Waals surface area contributed by atoms with E-state index in [0.717, 1.165) is 25.0 Å². The molecule has 1 aliphatic carbocycles. The van der Waals surface area contributed by atoms with Crippen LogP contribution in [-0.2, 0) is 6.18 Å². The van der Waals surface area contributed by atoms with Crippen molar-refractivity contribution in [3.63, 3.8) is 0 Å². The second-order valence-corrected chi connectivity index (χ2v) is 5.04. The third-order valence-corrected chi connectivity index (χ3v) is 3.67. The van der Waals surface area contributed by atoms with E-state index in [2.05, 4.69) is 10.3 Å². The summed E-state index contributed by atoms with van der Waals surface area (Å²) in [6.07, 6.45) is -2.07. The van der Waals surface area contributed by atoms with Gasteiger partial charge in [-0.3, -0.25) is 0 Å². The van der Waals surface area contributed by atoms with E-state index in [-0.39, 0.29) is 11.9 Å². The molecule has 3 nitrogen and oxygen atoms in total. The topological polar surface area (TPSA) is 28.2 Å². The predicted molar refractivity (Wildman–Crippen MR) is 69.4 cm³/mol. The molecule has 1 atom stereocenters. The standard InChI is InChI=1S/C13H18F3N3/c1-8(9-4-5-9)19(3)12-7-10(13(14,15)16)6-11(17-2)18-12/h6-9H,4-5H2,1-3H3,(H,17,18). The van der Waals surface area contributed by atoms with E-state index in [9.17, 15) is 13.2 Å². The van der Waals surface area contributed by atoms with Crippen molar-refractivity contribution in [1.82, 2.24) is 4.98 Å². The Kier molecular flexibility index (Phi) is 3.60. The minimum Gasteiger partial charge on any atom is -0.373 e. The van der Waals surface area contributed by atoms with Crippen molar-refractivity contribution >= 4 is 11.6 Å². The molecule has 6 heteroatoms. The van der Waals surface area contributed by atoms with Crippen molar-refractivity contribution in [2.45, 2.75) is 32.0 Å². The van der Waals surface area contributed by atoms with E-state index >= 15 is 0 Å². The molecule has 19 heavy (non-hydrogen) atoms. The summed E-state index contributed by atoms with van der Waals surface area (Å²) in [5.41, 5.74) is -0.670. The summed E-state index contributed by atoms with van der Waals surface area (Å²) in [6, 6.07) is 2.35. The average Bonchev–Trinajstić information content (AvgIpc) is 3.19. The molecule has 0 amide bonds. The molecule has 0 aliphatic heterocycles. The number of alkyl halides is 3. The van der Waals surface area contributed by atoms with Crippen molar-refractivity contribution < 1.29 is 13.2 Å². The van der Waals surface area contributed by atoms with Gasteiger partial charge in [-0.05, 0) is 37.8 Å². The lowest BCUT2D eigenvalue weighted by molar-refractivity contribution is -0.137. The molecule has 106 valence electrons. The van der Waals surface area contributed by atoms with Gasteiger partial charge < -0.3 is 10.2 Å². The molecule has 0 radical (unpaired) electrons. The third-order valence-electron chi connectivity index (χ3n) is 3.67. The second kappa shape index (κ2) is 4.90. The summed E-state index contributed by atoms with van der Waals surface area (Å²) < 4.78 is 38.5. The van der Waals surface area contributed by atoms with Crippen LogP contribution in [0.1, 0.15) is 25.3 Å². The van der Waals surface area contributed by atoms with E-state index in [1.807, 2.05) is 11.8 Å². The van der Waals surface area contributed by atoms with Crippen molar-refractivity contribution in [1.29, 1.82) is 0 Å². The van der Waals surface area contributed by atoms with Crippen LogP contribution >= 0.6 is 0 Å². The van der Waals surface area contributed by atoms with Gasteiger partial charge in [-0.15, -0.1) is 0 Å². The fourth-order valence-electron chi connectivity index (χ4n) is 2.09. The van der Waals surface area contributed by atoms with Crippen LogP contribution in [0.5, 0.6) is 0 Å². The Bertz CT molecular complexity index is 455. The first-order valence-electron chi connectivity index (χ1n) is 6.33. The summed E-state index contributed by atoms with van der Waals surface area (Å²) in [5, 5.41) is 2.68. The van der Waals surface area contributed by atoms with Gasteiger partial charge in [0.1, 0.15) is 11.6 Å². The molecule has 1 aromatic rings. The van der Waals surface area contributed by atoms with Gasteiger partial charge in [-0.1, -0.05) is 0 Å². The van der Waals surface area contributed by atoms with Crippen molar-refractivity contribution in [2.24, 2.45) is 5.92 Å². The first-order valence-corrected chi connectivity index (χ1v) is 6.33. The zero-order chi connectivity index (χ0) is 14.2. The molecule has 1 fully saturated rings. The first kappa shape index (κ1) is 14.0. The highest BCUT2D eigenvalue weighted by atomic mass is 19.4. The molecular formula is C13H18F3N3. The van der Waals surface area contributed by atoms with Crippen LogP contribution in [0, 0.1) is 5.92 Å². The summed E-state index contributed by atoms with van der Waals surface area (Å²) in [5.74, 6) is 1.16. The highest BCUT2D eigenvalue weighted by molar-refractivity contribution is 5.51. The van der Waals surface area contributed by atoms with Crippen molar-refractivity contribution in [3.8, 4) is 0 Å². The molecule has 1 aliphatic rings. The molecule has 1 heterocycles. The quantitative estimate of drug-likeness (QED) is 0.911. The minimum atomic E-state index is -4.35. The van der Waals surface area contributed by atoms with Gasteiger partial charge in [-0.2, -0.15) is 13.2 Å². The molecule has 1 N–H and O–H groups in total. The Morgan fingerprint density at radius 3 is 2.47 bits per heavy atom. The van der Waals surface area contributed by atoms with Gasteiger partial charge in [0.2, 0.25) is 0 Å². The Labute approximate surface area is 110 Å². The molecule has 1 aromatic heterocycles. The van der Waals surface area contributed by atoms with Gasteiger partial charge in [-0.25, -0.2) is 4.98 Å². The largest absolute Gasteiger partial charge is 0.416 e. The second-order valence-electron chi connectivity index (χ2n) is 5.04. The Morgan fingerprint density at radius 1 is 1.37 bits per heavy atom. The zero-order valence-electron chi connectivity index (χ0n) is 11.3. The smallest absolute Gasteiger partial charge is 0.373 e. The minimum absolute atomic E-state index is 0.209. The molecule has 0 spiro atoms. The van der Waals surface area contributed by atoms with Crippen molar-refractivity contribution in [3.05, 3.63) is 17.7 Å². The van der Waals surface area contributed by atoms with Crippen LogP contribution in [0.4, 0.5) is 24.8 Å². The van der Waals surface area contributed by atoms with E-state index in [1.54, 1.807) is 14.1 Å². The predicted octanol–water partition coefficient (Wildman–Crippen LogP) is 3.38. The lowest BCUT2D eigenvalue weighted by Gasteiger charge is -2.27. The highest BCUT2D eigenvalue weighted by Gasteiger charge is 2.34. The molecule has 0 saturated heterocycles. The molecule has 2 rings (SSSR count). The first-order chi connectivity index (χ1) is 8.82. The van der Waals surface area contributed by atoms with E-state index in [1.165, 1.54) is 0 Å². The molecule has 0 aromatic carbocycles. The normalized spacial score (nSPS) is 17.2. The number of aromatic nitrogens is 1. The van der Waals surface area contributed by atoms with Crippen LogP contribution in [0.15, 0.2) is 12.1 Å². The number of hydrogen-bond acceptors (Lipinski definition) is 3. The summed E-state index contributed by atoms with van der Waals surface area (Å²) in [6.45, 7) is 2.03. The number of pyridine rings is 1. The van der Waals surface area contributed by atoms with Crippen molar-refractivity contribution in [2.75, 3.05) is 24.3 Å². The highest BCUT2D eigenvalue weighted by Crippen LogP contribution is 2.37. The monoisotopic (exact) mass is 273 g/mol. The Hall–Kier alpha value is -1.46. The summed E-state index contributed by atoms with van der Waals surface area (Å²) in [4.78, 5) is 6.04. The van der Waals surface area contributed by atoms with Crippen LogP contribution in [0.3, 0.4) is 0 Å². The molecule has 1 saturated carbocycles. The summed E-state index contributed by atoms with van der Waals surface area (Å²) in [7, 11) is 3.36. The fourth-order valence-corrected chi connectivity index (χ4v) is 2.09. The number of halogens is 3. The van der Waals surface area contributed by atoms with Crippen LogP contribution in [-0.4, -0.2) is 25.1 Å². The van der Waals surface area contributed by atoms with Gasteiger partial charge in [0.15, 0.2) is 0 Å². The van der Waals surface area contributed by atoms with E-state index < -0.39 is 11.7 Å². The van der Waals surface area contributed by atoms with Crippen LogP contribution in [0.25, 0.3) is 0 Å². The number of nitrogens with one attached hydrogen (secondary N) is 1. The number of rotatable bonds is 4. The Balaban J connectivity index is 2.33. The molecular weight excluding hydrogens is 255 g/mol.